The Bertz CT molecular complexity index is 875. The van der Waals surface area contributed by atoms with Crippen LogP contribution in [0.25, 0.3) is 11.1 Å². The van der Waals surface area contributed by atoms with Crippen molar-refractivity contribution < 1.29 is 9.59 Å². The minimum Gasteiger partial charge on any atom is -0.356 e. The third-order valence-electron chi connectivity index (χ3n) is 6.10. The van der Waals surface area contributed by atoms with E-state index in [2.05, 4.69) is 35.6 Å². The van der Waals surface area contributed by atoms with Crippen molar-refractivity contribution in [3.05, 3.63) is 60.2 Å². The van der Waals surface area contributed by atoms with Crippen molar-refractivity contribution in [3.8, 4) is 11.1 Å². The summed E-state index contributed by atoms with van der Waals surface area (Å²) < 4.78 is 0. The lowest BCUT2D eigenvalue weighted by Gasteiger charge is -2.42. The Morgan fingerprint density at radius 3 is 2.17 bits per heavy atom. The van der Waals surface area contributed by atoms with Crippen molar-refractivity contribution in [2.75, 3.05) is 19.6 Å². The normalized spacial score (nSPS) is 16.2. The van der Waals surface area contributed by atoms with Crippen LogP contribution in [0, 0.1) is 10.8 Å². The molecule has 1 heterocycles. The van der Waals surface area contributed by atoms with E-state index in [1.165, 1.54) is 16.7 Å². The second-order valence-electron chi connectivity index (χ2n) is 9.38. The smallest absolute Gasteiger partial charge is 0.227 e. The number of piperidine rings is 1. The van der Waals surface area contributed by atoms with Crippen molar-refractivity contribution in [1.29, 1.82) is 0 Å². The summed E-state index contributed by atoms with van der Waals surface area (Å²) in [6.07, 6.45) is 2.05. The fourth-order valence-electron chi connectivity index (χ4n) is 4.38. The lowest BCUT2D eigenvalue weighted by Crippen LogP contribution is -2.53. The minimum atomic E-state index is -0.491. The standard InChI is InChI=1S/C26H34N2O2/c1-5-27-23(29)26(15-17-28(18-16-26)24(30)25(2,3)4)19-21-13-9-10-14-22(21)20-11-7-6-8-12-20/h6-14H,5,15-19H2,1-4H3,(H,27,29). The maximum absolute atomic E-state index is 13.2. The quantitative estimate of drug-likeness (QED) is 0.783. The van der Waals surface area contributed by atoms with E-state index in [1.54, 1.807) is 0 Å². The van der Waals surface area contributed by atoms with Gasteiger partial charge < -0.3 is 10.2 Å². The maximum atomic E-state index is 13.2. The van der Waals surface area contributed by atoms with Gasteiger partial charge in [0.25, 0.3) is 0 Å². The Hall–Kier alpha value is -2.62. The number of nitrogens with zero attached hydrogens (tertiary/aromatic N) is 1. The molecule has 0 saturated carbocycles. The number of hydrogen-bond donors (Lipinski definition) is 1. The molecule has 4 nitrogen and oxygen atoms in total. The van der Waals surface area contributed by atoms with Crippen LogP contribution in [0.4, 0.5) is 0 Å². The van der Waals surface area contributed by atoms with E-state index in [1.807, 2.05) is 56.9 Å². The Labute approximate surface area is 180 Å². The molecule has 0 aromatic heterocycles. The van der Waals surface area contributed by atoms with Crippen LogP contribution in [-0.2, 0) is 16.0 Å². The first-order valence-electron chi connectivity index (χ1n) is 11.0. The molecule has 0 radical (unpaired) electrons. The van der Waals surface area contributed by atoms with Crippen molar-refractivity contribution in [2.24, 2.45) is 10.8 Å². The number of benzene rings is 2. The first kappa shape index (κ1) is 22.1. The molecule has 2 amide bonds. The number of carbonyl (C=O) groups excluding carboxylic acids is 2. The van der Waals surface area contributed by atoms with Gasteiger partial charge in [-0.1, -0.05) is 75.4 Å². The molecule has 3 rings (SSSR count). The molecule has 160 valence electrons. The number of nitrogens with one attached hydrogen (secondary N) is 1. The molecule has 0 atom stereocenters. The molecule has 1 aliphatic rings. The van der Waals surface area contributed by atoms with E-state index in [9.17, 15) is 9.59 Å². The summed E-state index contributed by atoms with van der Waals surface area (Å²) in [6, 6.07) is 18.7. The zero-order valence-electron chi connectivity index (χ0n) is 18.7. The third-order valence-corrected chi connectivity index (χ3v) is 6.10. The van der Waals surface area contributed by atoms with Crippen LogP contribution < -0.4 is 5.32 Å². The van der Waals surface area contributed by atoms with Gasteiger partial charge >= 0.3 is 0 Å². The van der Waals surface area contributed by atoms with Crippen LogP contribution in [0.15, 0.2) is 54.6 Å². The van der Waals surface area contributed by atoms with Gasteiger partial charge in [-0.05, 0) is 42.9 Å². The van der Waals surface area contributed by atoms with Gasteiger partial charge in [0.1, 0.15) is 0 Å². The van der Waals surface area contributed by atoms with Crippen LogP contribution in [0.3, 0.4) is 0 Å². The van der Waals surface area contributed by atoms with E-state index >= 15 is 0 Å². The van der Waals surface area contributed by atoms with E-state index < -0.39 is 10.8 Å². The summed E-state index contributed by atoms with van der Waals surface area (Å²) in [6.45, 7) is 9.69. The second-order valence-corrected chi connectivity index (χ2v) is 9.38. The molecule has 0 bridgehead atoms. The molecule has 0 unspecified atom stereocenters. The Kier molecular flexibility index (Phi) is 6.64. The van der Waals surface area contributed by atoms with Gasteiger partial charge in [0.05, 0.1) is 5.41 Å². The highest BCUT2D eigenvalue weighted by Gasteiger charge is 2.43. The Morgan fingerprint density at radius 2 is 1.57 bits per heavy atom. The van der Waals surface area contributed by atoms with Gasteiger partial charge in [-0.15, -0.1) is 0 Å². The van der Waals surface area contributed by atoms with Gasteiger partial charge in [0, 0.05) is 25.0 Å². The monoisotopic (exact) mass is 406 g/mol. The summed E-state index contributed by atoms with van der Waals surface area (Å²) in [5, 5.41) is 3.07. The topological polar surface area (TPSA) is 49.4 Å². The maximum Gasteiger partial charge on any atom is 0.227 e. The molecule has 2 aromatic carbocycles. The van der Waals surface area contributed by atoms with Crippen LogP contribution in [-0.4, -0.2) is 36.3 Å². The lowest BCUT2D eigenvalue weighted by atomic mass is 9.71. The predicted molar refractivity (Wildman–Crippen MR) is 122 cm³/mol. The van der Waals surface area contributed by atoms with E-state index in [0.29, 0.717) is 38.9 Å². The lowest BCUT2D eigenvalue weighted by molar-refractivity contribution is -0.145. The van der Waals surface area contributed by atoms with Crippen LogP contribution in [0.1, 0.15) is 46.1 Å². The predicted octanol–water partition coefficient (Wildman–Crippen LogP) is 4.69. The molecule has 2 aromatic rings. The molecule has 30 heavy (non-hydrogen) atoms. The fraction of sp³-hybridized carbons (Fsp3) is 0.462. The van der Waals surface area contributed by atoms with Gasteiger partial charge in [0.2, 0.25) is 11.8 Å². The van der Waals surface area contributed by atoms with Crippen molar-refractivity contribution in [2.45, 2.75) is 47.0 Å². The van der Waals surface area contributed by atoms with Crippen molar-refractivity contribution in [1.82, 2.24) is 10.2 Å². The Balaban J connectivity index is 1.89. The van der Waals surface area contributed by atoms with Gasteiger partial charge in [0.15, 0.2) is 0 Å². The molecule has 0 aliphatic carbocycles. The fourth-order valence-corrected chi connectivity index (χ4v) is 4.38. The molecule has 0 spiro atoms. The molecular weight excluding hydrogens is 372 g/mol. The average Bonchev–Trinajstić information content (AvgIpc) is 2.74. The number of likely N-dealkylation sites (tertiary alicyclic amines) is 1. The zero-order chi connectivity index (χ0) is 21.8. The minimum absolute atomic E-state index is 0.107. The molecule has 4 heteroatoms. The third kappa shape index (κ3) is 4.75. The largest absolute Gasteiger partial charge is 0.356 e. The molecular formula is C26H34N2O2. The first-order chi connectivity index (χ1) is 14.3. The highest BCUT2D eigenvalue weighted by Crippen LogP contribution is 2.39. The molecule has 1 saturated heterocycles. The van der Waals surface area contributed by atoms with Gasteiger partial charge in [-0.3, -0.25) is 9.59 Å². The van der Waals surface area contributed by atoms with E-state index in [-0.39, 0.29) is 11.8 Å². The second kappa shape index (κ2) is 9.03. The number of amides is 2. The number of rotatable bonds is 5. The first-order valence-corrected chi connectivity index (χ1v) is 11.0. The van der Waals surface area contributed by atoms with Crippen LogP contribution in [0.2, 0.25) is 0 Å². The highest BCUT2D eigenvalue weighted by atomic mass is 16.2. The van der Waals surface area contributed by atoms with E-state index in [0.717, 1.165) is 0 Å². The van der Waals surface area contributed by atoms with Gasteiger partial charge in [-0.2, -0.15) is 0 Å². The highest BCUT2D eigenvalue weighted by molar-refractivity contribution is 5.85. The zero-order valence-corrected chi connectivity index (χ0v) is 18.7. The number of carbonyl (C=O) groups is 2. The number of hydrogen-bond acceptors (Lipinski definition) is 2. The molecule has 1 fully saturated rings. The van der Waals surface area contributed by atoms with E-state index in [4.69, 9.17) is 0 Å². The van der Waals surface area contributed by atoms with Crippen LogP contribution >= 0.6 is 0 Å². The summed E-state index contributed by atoms with van der Waals surface area (Å²) in [5.74, 6) is 0.271. The van der Waals surface area contributed by atoms with Gasteiger partial charge in [-0.25, -0.2) is 0 Å². The Morgan fingerprint density at radius 1 is 0.967 bits per heavy atom. The summed E-state index contributed by atoms with van der Waals surface area (Å²) >= 11 is 0. The molecule has 1 N–H and O–H groups in total. The summed E-state index contributed by atoms with van der Waals surface area (Å²) in [5.41, 5.74) is 2.64. The average molecular weight is 407 g/mol. The van der Waals surface area contributed by atoms with Crippen molar-refractivity contribution >= 4 is 11.8 Å². The molecule has 1 aliphatic heterocycles. The summed E-state index contributed by atoms with van der Waals surface area (Å²) in [7, 11) is 0. The van der Waals surface area contributed by atoms with Crippen LogP contribution in [0.5, 0.6) is 0 Å². The van der Waals surface area contributed by atoms with Crippen molar-refractivity contribution in [3.63, 3.8) is 0 Å². The summed E-state index contributed by atoms with van der Waals surface area (Å²) in [4.78, 5) is 27.9. The SMILES string of the molecule is CCNC(=O)C1(Cc2ccccc2-c2ccccc2)CCN(C(=O)C(C)(C)C)CC1.